The van der Waals surface area contributed by atoms with Gasteiger partial charge < -0.3 is 33.8 Å². The maximum Gasteiger partial charge on any atom is 0.472 e. The Kier molecular flexibility index (Phi) is 67.7. The SMILES string of the molecule is CCCCCCCCCCCCCCCCC(=O)OC[C@H](COP(=O)(O)OC[C@@H](O)COP(=O)(O)OC[C@@H](COC(=O)CCCCCCCCCCCC)OC(=O)CCCCCCCCCCCCCC)OC(=O)CCCCCCCCCCCCCCCCCCC(C)C. The summed E-state index contributed by atoms with van der Waals surface area (Å²) < 4.78 is 68.5. The zero-order valence-corrected chi connectivity index (χ0v) is 63.6. The first-order valence-electron chi connectivity index (χ1n) is 39.6. The van der Waals surface area contributed by atoms with Gasteiger partial charge in [-0.15, -0.1) is 0 Å². The Bertz CT molecular complexity index is 1820. The summed E-state index contributed by atoms with van der Waals surface area (Å²) in [6, 6.07) is 0. The van der Waals surface area contributed by atoms with Crippen LogP contribution in [0, 0.1) is 5.92 Å². The lowest BCUT2D eigenvalue weighted by Gasteiger charge is -2.21. The van der Waals surface area contributed by atoms with Gasteiger partial charge in [0.05, 0.1) is 26.4 Å². The van der Waals surface area contributed by atoms with Gasteiger partial charge in [0.15, 0.2) is 12.2 Å². The van der Waals surface area contributed by atoms with Gasteiger partial charge in [-0.1, -0.05) is 349 Å². The summed E-state index contributed by atoms with van der Waals surface area (Å²) in [5, 5.41) is 10.6. The number of hydrogen-bond acceptors (Lipinski definition) is 15. The van der Waals surface area contributed by atoms with Gasteiger partial charge >= 0.3 is 39.5 Å². The molecule has 0 aromatic carbocycles. The van der Waals surface area contributed by atoms with E-state index in [0.717, 1.165) is 95.8 Å². The van der Waals surface area contributed by atoms with E-state index in [2.05, 4.69) is 34.6 Å². The third kappa shape index (κ3) is 70.3. The number of phosphoric ester groups is 2. The standard InChI is InChI=1S/C76H148O17P2/c1-6-9-12-15-18-21-24-26-32-36-40-45-50-55-60-74(79)87-66-72(93-76(81)62-57-52-47-42-37-33-30-28-27-29-31-34-38-43-48-53-58-69(4)5)68-91-95(84,85)89-64-70(77)63-88-94(82,83)90-67-71(65-86-73(78)59-54-49-44-39-23-20-17-14-11-8-3)92-75(80)61-56-51-46-41-35-25-22-19-16-13-10-7-2/h69-72,77H,6-68H2,1-5H3,(H,82,83)(H,84,85)/t70-,71+,72+/m0/s1. The molecule has 19 heteroatoms. The number of rotatable bonds is 76. The number of carbonyl (C=O) groups is 4. The lowest BCUT2D eigenvalue weighted by atomic mass is 10.0. The average Bonchev–Trinajstić information content (AvgIpc) is 3.76. The number of esters is 4. The van der Waals surface area contributed by atoms with Crippen molar-refractivity contribution in [3.63, 3.8) is 0 Å². The number of ether oxygens (including phenoxy) is 4. The van der Waals surface area contributed by atoms with E-state index in [9.17, 15) is 43.2 Å². The number of aliphatic hydroxyl groups excluding tert-OH is 1. The molecule has 0 amide bonds. The number of carbonyl (C=O) groups excluding carboxylic acids is 4. The van der Waals surface area contributed by atoms with Crippen LogP contribution < -0.4 is 0 Å². The molecule has 0 fully saturated rings. The predicted molar refractivity (Wildman–Crippen MR) is 386 cm³/mol. The Labute approximate surface area is 581 Å². The van der Waals surface area contributed by atoms with Gasteiger partial charge in [0.25, 0.3) is 0 Å². The normalized spacial score (nSPS) is 13.9. The van der Waals surface area contributed by atoms with Crippen LogP contribution in [0.5, 0.6) is 0 Å². The Morgan fingerprint density at radius 2 is 0.484 bits per heavy atom. The topological polar surface area (TPSA) is 237 Å². The molecule has 2 unspecified atom stereocenters. The minimum Gasteiger partial charge on any atom is -0.462 e. The molecule has 5 atom stereocenters. The van der Waals surface area contributed by atoms with Crippen molar-refractivity contribution in [3.8, 4) is 0 Å². The summed E-state index contributed by atoms with van der Waals surface area (Å²) in [6.45, 7) is 7.32. The van der Waals surface area contributed by atoms with Crippen LogP contribution in [0.4, 0.5) is 0 Å². The van der Waals surface area contributed by atoms with Crippen molar-refractivity contribution in [2.45, 2.75) is 419 Å². The largest absolute Gasteiger partial charge is 0.472 e. The van der Waals surface area contributed by atoms with E-state index in [0.29, 0.717) is 25.7 Å². The van der Waals surface area contributed by atoms with Crippen LogP contribution in [-0.4, -0.2) is 96.7 Å². The summed E-state index contributed by atoms with van der Waals surface area (Å²) in [7, 11) is -9.91. The molecule has 0 saturated carbocycles. The molecule has 0 saturated heterocycles. The highest BCUT2D eigenvalue weighted by molar-refractivity contribution is 7.47. The molecule has 0 radical (unpaired) electrons. The molecule has 0 heterocycles. The number of phosphoric acid groups is 2. The molecule has 0 aliphatic carbocycles. The molecular formula is C76H148O17P2. The van der Waals surface area contributed by atoms with Gasteiger partial charge in [-0.3, -0.25) is 37.3 Å². The predicted octanol–water partition coefficient (Wildman–Crippen LogP) is 22.5. The summed E-state index contributed by atoms with van der Waals surface area (Å²) >= 11 is 0. The maximum atomic E-state index is 13.1. The quantitative estimate of drug-likeness (QED) is 0.0222. The molecule has 0 rings (SSSR count). The van der Waals surface area contributed by atoms with Crippen LogP contribution in [0.3, 0.4) is 0 Å². The van der Waals surface area contributed by atoms with Crippen molar-refractivity contribution in [2.24, 2.45) is 5.92 Å². The monoisotopic (exact) mass is 1400 g/mol. The van der Waals surface area contributed by atoms with E-state index in [1.165, 1.54) is 225 Å². The third-order valence-corrected chi connectivity index (χ3v) is 19.7. The first kappa shape index (κ1) is 93.1. The molecular weight excluding hydrogens is 1250 g/mol. The highest BCUT2D eigenvalue weighted by Gasteiger charge is 2.30. The molecule has 17 nitrogen and oxygen atoms in total. The van der Waals surface area contributed by atoms with Crippen LogP contribution >= 0.6 is 15.6 Å². The zero-order chi connectivity index (χ0) is 69.8. The van der Waals surface area contributed by atoms with Gasteiger partial charge in [-0.2, -0.15) is 0 Å². The highest BCUT2D eigenvalue weighted by atomic mass is 31.2. The van der Waals surface area contributed by atoms with Gasteiger partial charge in [-0.05, 0) is 31.6 Å². The molecule has 0 aromatic heterocycles. The smallest absolute Gasteiger partial charge is 0.462 e. The molecule has 0 bridgehead atoms. The molecule has 3 N–H and O–H groups in total. The van der Waals surface area contributed by atoms with E-state index in [1.807, 2.05) is 0 Å². The number of aliphatic hydroxyl groups is 1. The second-order valence-electron chi connectivity index (χ2n) is 27.9. The summed E-state index contributed by atoms with van der Waals surface area (Å²) in [4.78, 5) is 72.8. The molecule has 0 aromatic rings. The maximum absolute atomic E-state index is 13.1. The van der Waals surface area contributed by atoms with Crippen LogP contribution in [0.1, 0.15) is 401 Å². The summed E-state index contributed by atoms with van der Waals surface area (Å²) in [6.07, 6.45) is 58.1. The number of hydrogen-bond donors (Lipinski definition) is 3. The third-order valence-electron chi connectivity index (χ3n) is 17.8. The fraction of sp³-hybridized carbons (Fsp3) is 0.947. The molecule has 0 aliphatic rings. The first-order valence-corrected chi connectivity index (χ1v) is 42.6. The van der Waals surface area contributed by atoms with Crippen LogP contribution in [0.2, 0.25) is 0 Å². The van der Waals surface area contributed by atoms with Crippen molar-refractivity contribution in [1.82, 2.24) is 0 Å². The molecule has 95 heavy (non-hydrogen) atoms. The second kappa shape index (κ2) is 69.2. The van der Waals surface area contributed by atoms with Gasteiger partial charge in [0.1, 0.15) is 19.3 Å². The minimum absolute atomic E-state index is 0.108. The Morgan fingerprint density at radius 1 is 0.284 bits per heavy atom. The number of unbranched alkanes of at least 4 members (excludes halogenated alkanes) is 48. The van der Waals surface area contributed by atoms with Gasteiger partial charge in [0.2, 0.25) is 0 Å². The second-order valence-corrected chi connectivity index (χ2v) is 30.8. The van der Waals surface area contributed by atoms with E-state index in [1.54, 1.807) is 0 Å². The van der Waals surface area contributed by atoms with Crippen LogP contribution in [0.25, 0.3) is 0 Å². The van der Waals surface area contributed by atoms with E-state index < -0.39 is 97.5 Å². The molecule has 0 spiro atoms. The van der Waals surface area contributed by atoms with Crippen molar-refractivity contribution in [2.75, 3.05) is 39.6 Å². The molecule has 0 aliphatic heterocycles. The van der Waals surface area contributed by atoms with Crippen molar-refractivity contribution >= 4 is 39.5 Å². The van der Waals surface area contributed by atoms with Crippen molar-refractivity contribution in [3.05, 3.63) is 0 Å². The summed E-state index contributed by atoms with van der Waals surface area (Å²) in [5.74, 6) is -1.30. The first-order chi connectivity index (χ1) is 46.0. The lowest BCUT2D eigenvalue weighted by molar-refractivity contribution is -0.161. The van der Waals surface area contributed by atoms with Crippen molar-refractivity contribution < 1.29 is 80.2 Å². The van der Waals surface area contributed by atoms with Crippen LogP contribution in [0.15, 0.2) is 0 Å². The van der Waals surface area contributed by atoms with Crippen LogP contribution in [-0.2, 0) is 65.4 Å². The Morgan fingerprint density at radius 3 is 0.716 bits per heavy atom. The van der Waals surface area contributed by atoms with E-state index in [-0.39, 0.29) is 25.7 Å². The zero-order valence-electron chi connectivity index (χ0n) is 61.8. The Balaban J connectivity index is 5.22. The van der Waals surface area contributed by atoms with E-state index >= 15 is 0 Å². The average molecular weight is 1400 g/mol. The minimum atomic E-state index is -4.96. The fourth-order valence-electron chi connectivity index (χ4n) is 11.7. The molecule has 564 valence electrons. The van der Waals surface area contributed by atoms with Crippen molar-refractivity contribution in [1.29, 1.82) is 0 Å². The van der Waals surface area contributed by atoms with E-state index in [4.69, 9.17) is 37.0 Å². The lowest BCUT2D eigenvalue weighted by Crippen LogP contribution is -2.30. The highest BCUT2D eigenvalue weighted by Crippen LogP contribution is 2.45. The van der Waals surface area contributed by atoms with Gasteiger partial charge in [-0.25, -0.2) is 9.13 Å². The van der Waals surface area contributed by atoms with Gasteiger partial charge in [0, 0.05) is 25.7 Å². The summed E-state index contributed by atoms with van der Waals surface area (Å²) in [5.41, 5.74) is 0. The Hall–Kier alpha value is -1.94. The fourth-order valence-corrected chi connectivity index (χ4v) is 13.3.